The van der Waals surface area contributed by atoms with E-state index >= 15 is 0 Å². The van der Waals surface area contributed by atoms with Crippen LogP contribution in [-0.4, -0.2) is 29.6 Å². The molecule has 3 aromatic rings. The molecule has 0 aliphatic heterocycles. The summed E-state index contributed by atoms with van der Waals surface area (Å²) in [6.45, 7) is 3.82. The Balaban J connectivity index is 1.46. The lowest BCUT2D eigenvalue weighted by Crippen LogP contribution is -2.21. The maximum atomic E-state index is 12.1. The number of H-pyrrole nitrogens is 1. The molecule has 162 valence electrons. The van der Waals surface area contributed by atoms with Crippen molar-refractivity contribution in [2.45, 2.75) is 28.3 Å². The van der Waals surface area contributed by atoms with Crippen LogP contribution in [0.2, 0.25) is 0 Å². The minimum absolute atomic E-state index is 0.197. The number of nitrogens with zero attached hydrogens (tertiary/aromatic N) is 2. The van der Waals surface area contributed by atoms with Gasteiger partial charge in [-0.2, -0.15) is 5.10 Å². The molecule has 0 aliphatic rings. The Morgan fingerprint density at radius 2 is 2.03 bits per heavy atom. The van der Waals surface area contributed by atoms with Crippen LogP contribution in [0.15, 0.2) is 56.2 Å². The average molecular weight is 475 g/mol. The standard InChI is InChI=1S/C21H22N4O3S3/c1-13-4-6-15(7-5-13)11-29-20-24-25-21(31-20)30-12-19(27)23-22-14(2)16-8-9-17(26)18(10-16)28-3/h4-10,26H,11-12H2,1-3H3,(H,23,27)/b22-14-. The van der Waals surface area contributed by atoms with E-state index in [9.17, 15) is 9.90 Å². The monoisotopic (exact) mass is 474 g/mol. The number of hydrogen-bond acceptors (Lipinski definition) is 8. The molecule has 7 nitrogen and oxygen atoms in total. The minimum Gasteiger partial charge on any atom is -0.870 e. The number of aryl methyl sites for hydroxylation is 1. The summed E-state index contributed by atoms with van der Waals surface area (Å²) in [6, 6.07) is 13.1. The molecule has 3 rings (SSSR count). The van der Waals surface area contributed by atoms with Gasteiger partial charge in [-0.1, -0.05) is 64.6 Å². The first-order valence-corrected chi connectivity index (χ1v) is 12.1. The van der Waals surface area contributed by atoms with Crippen molar-refractivity contribution in [1.82, 2.24) is 10.5 Å². The fourth-order valence-corrected chi connectivity index (χ4v) is 5.28. The van der Waals surface area contributed by atoms with E-state index in [1.807, 2.05) is 0 Å². The number of aromatic amines is 1. The van der Waals surface area contributed by atoms with E-state index in [2.05, 4.69) is 51.9 Å². The Bertz CT molecular complexity index is 1070. The zero-order valence-electron chi connectivity index (χ0n) is 17.3. The summed E-state index contributed by atoms with van der Waals surface area (Å²) in [5, 5.41) is 23.0. The van der Waals surface area contributed by atoms with Crippen molar-refractivity contribution in [2.24, 2.45) is 5.10 Å². The van der Waals surface area contributed by atoms with E-state index in [4.69, 9.17) is 4.74 Å². The number of benzene rings is 2. The van der Waals surface area contributed by atoms with Crippen LogP contribution < -0.4 is 20.4 Å². The number of methoxy groups -OCH3 is 1. The van der Waals surface area contributed by atoms with Crippen molar-refractivity contribution in [2.75, 3.05) is 12.9 Å². The third-order valence-electron chi connectivity index (χ3n) is 4.17. The molecule has 1 amide bonds. The second-order valence-electron chi connectivity index (χ2n) is 6.54. The molecule has 2 aromatic carbocycles. The van der Waals surface area contributed by atoms with Crippen molar-refractivity contribution in [3.63, 3.8) is 0 Å². The number of ether oxygens (including phenoxy) is 1. The van der Waals surface area contributed by atoms with Crippen molar-refractivity contribution < 1.29 is 19.7 Å². The van der Waals surface area contributed by atoms with E-state index in [0.717, 1.165) is 14.4 Å². The van der Waals surface area contributed by atoms with Crippen molar-refractivity contribution >= 4 is 46.5 Å². The smallest absolute Gasteiger partial charge is 0.323 e. The van der Waals surface area contributed by atoms with E-state index in [0.29, 0.717) is 11.3 Å². The molecule has 1 aromatic heterocycles. The molecule has 0 aliphatic carbocycles. The number of thioether (sulfide) groups is 2. The van der Waals surface area contributed by atoms with Crippen molar-refractivity contribution in [3.8, 4) is 11.5 Å². The van der Waals surface area contributed by atoms with Crippen molar-refractivity contribution in [3.05, 3.63) is 59.2 Å². The number of carbonyl (C=O) groups is 1. The van der Waals surface area contributed by atoms with Gasteiger partial charge in [-0.3, -0.25) is 4.79 Å². The van der Waals surface area contributed by atoms with E-state index < -0.39 is 0 Å². The van der Waals surface area contributed by atoms with Gasteiger partial charge in [0.15, 0.2) is 0 Å². The molecule has 10 heteroatoms. The largest absolute Gasteiger partial charge is 0.870 e. The van der Waals surface area contributed by atoms with Gasteiger partial charge in [-0.25, -0.2) is 5.43 Å². The quantitative estimate of drug-likeness (QED) is 0.290. The Morgan fingerprint density at radius 3 is 2.77 bits per heavy atom. The number of nitrogens with one attached hydrogen (secondary N) is 2. The van der Waals surface area contributed by atoms with Crippen LogP contribution in [0.3, 0.4) is 0 Å². The lowest BCUT2D eigenvalue weighted by atomic mass is 10.1. The summed E-state index contributed by atoms with van der Waals surface area (Å²) in [5.41, 5.74) is 6.31. The summed E-state index contributed by atoms with van der Waals surface area (Å²) < 4.78 is 6.81. The molecular formula is C21H22N4O3S3. The zero-order chi connectivity index (χ0) is 22.2. The Morgan fingerprint density at radius 1 is 1.26 bits per heavy atom. The molecular weight excluding hydrogens is 452 g/mol. The van der Waals surface area contributed by atoms with Gasteiger partial charge >= 0.3 is 4.34 Å². The van der Waals surface area contributed by atoms with Crippen LogP contribution in [0.1, 0.15) is 23.6 Å². The van der Waals surface area contributed by atoms with E-state index in [1.54, 1.807) is 30.8 Å². The summed E-state index contributed by atoms with van der Waals surface area (Å²) >= 11 is 4.56. The normalized spacial score (nSPS) is 11.4. The van der Waals surface area contributed by atoms with Crippen LogP contribution in [-0.2, 0) is 10.5 Å². The molecule has 0 fully saturated rings. The molecule has 1 heterocycles. The molecule has 0 bridgehead atoms. The summed E-state index contributed by atoms with van der Waals surface area (Å²) in [6.07, 6.45) is 0. The molecule has 2 N–H and O–H groups in total. The molecule has 0 radical (unpaired) electrons. The van der Waals surface area contributed by atoms with Gasteiger partial charge in [0, 0.05) is 16.4 Å². The molecule has 31 heavy (non-hydrogen) atoms. The van der Waals surface area contributed by atoms with Crippen molar-refractivity contribution in [1.29, 1.82) is 0 Å². The maximum absolute atomic E-state index is 12.1. The fourth-order valence-electron chi connectivity index (χ4n) is 2.44. The van der Waals surface area contributed by atoms with Gasteiger partial charge in [0.1, 0.15) is 5.75 Å². The minimum atomic E-state index is -0.235. The third kappa shape index (κ3) is 6.98. The topological polar surface area (TPSA) is 101 Å². The average Bonchev–Trinajstić information content (AvgIpc) is 3.24. The van der Waals surface area contributed by atoms with Gasteiger partial charge in [0.2, 0.25) is 4.34 Å². The number of hydrogen-bond donors (Lipinski definition) is 1. The lowest BCUT2D eigenvalue weighted by Gasteiger charge is -2.13. The van der Waals surface area contributed by atoms with Gasteiger partial charge in [0.25, 0.3) is 5.91 Å². The van der Waals surface area contributed by atoms with Crippen LogP contribution in [0, 0.1) is 6.92 Å². The zero-order valence-corrected chi connectivity index (χ0v) is 19.7. The van der Waals surface area contributed by atoms with Gasteiger partial charge in [0.05, 0.1) is 18.6 Å². The predicted molar refractivity (Wildman–Crippen MR) is 123 cm³/mol. The van der Waals surface area contributed by atoms with Crippen LogP contribution in [0.4, 0.5) is 0 Å². The highest BCUT2D eigenvalue weighted by molar-refractivity contribution is 8.03. The first kappa shape index (κ1) is 23.1. The predicted octanol–water partition coefficient (Wildman–Crippen LogP) is 3.27. The van der Waals surface area contributed by atoms with Crippen LogP contribution >= 0.6 is 34.9 Å². The SMILES string of the molecule is COc1cc(/C(C)=N\NC(=O)CSc2n[nH+]c(SCc3ccc(C)cc3)s2)ccc1[O-]. The number of aromatic nitrogens is 2. The first-order valence-electron chi connectivity index (χ1n) is 9.33. The van der Waals surface area contributed by atoms with Crippen LogP contribution in [0.5, 0.6) is 11.5 Å². The Kier molecular flexibility index (Phi) is 8.33. The Hall–Kier alpha value is -2.56. The fraction of sp³-hybridized carbons (Fsp3) is 0.238. The highest BCUT2D eigenvalue weighted by Crippen LogP contribution is 2.28. The second-order valence-corrected chi connectivity index (χ2v) is 10.0. The molecule has 0 saturated heterocycles. The van der Waals surface area contributed by atoms with Crippen LogP contribution in [0.25, 0.3) is 0 Å². The number of carbonyl (C=O) groups excluding carboxylic acids is 1. The van der Waals surface area contributed by atoms with E-state index in [-0.39, 0.29) is 23.2 Å². The summed E-state index contributed by atoms with van der Waals surface area (Å²) in [5.74, 6) is 0.862. The number of amides is 1. The Labute approximate surface area is 193 Å². The highest BCUT2D eigenvalue weighted by Gasteiger charge is 2.14. The second kappa shape index (κ2) is 11.2. The molecule has 0 saturated carbocycles. The summed E-state index contributed by atoms with van der Waals surface area (Å²) in [7, 11) is 1.44. The van der Waals surface area contributed by atoms with Gasteiger partial charge < -0.3 is 9.84 Å². The maximum Gasteiger partial charge on any atom is 0.323 e. The summed E-state index contributed by atoms with van der Waals surface area (Å²) in [4.78, 5) is 12.1. The van der Waals surface area contributed by atoms with E-state index in [1.165, 1.54) is 47.4 Å². The molecule has 0 atom stereocenters. The number of hydrazone groups is 1. The highest BCUT2D eigenvalue weighted by atomic mass is 32.2. The molecule has 0 unspecified atom stereocenters. The lowest BCUT2D eigenvalue weighted by molar-refractivity contribution is -0.492. The van der Waals surface area contributed by atoms with Gasteiger partial charge in [-0.15, -0.1) is 0 Å². The number of rotatable bonds is 9. The first-order chi connectivity index (χ1) is 14.9. The third-order valence-corrected chi connectivity index (χ3v) is 7.49. The molecule has 0 spiro atoms. The van der Waals surface area contributed by atoms with Gasteiger partial charge in [-0.05, 0) is 48.6 Å².